The maximum atomic E-state index is 11.3. The Morgan fingerprint density at radius 1 is 1.08 bits per heavy atom. The van der Waals surface area contributed by atoms with Crippen molar-refractivity contribution >= 4 is 46.2 Å². The number of nitrogens with zero attached hydrogens (tertiary/aromatic N) is 2. The van der Waals surface area contributed by atoms with E-state index < -0.39 is 0 Å². The molecule has 26 heavy (non-hydrogen) atoms. The van der Waals surface area contributed by atoms with Crippen molar-refractivity contribution in [3.63, 3.8) is 0 Å². The maximum Gasteiger partial charge on any atom is 0.176 e. The summed E-state index contributed by atoms with van der Waals surface area (Å²) >= 11 is 11.2. The average Bonchev–Trinajstić information content (AvgIpc) is 3.04. The van der Waals surface area contributed by atoms with E-state index in [1.54, 1.807) is 12.1 Å². The molecule has 2 N–H and O–H groups in total. The first-order valence-electron chi connectivity index (χ1n) is 7.96. The lowest BCUT2D eigenvalue weighted by atomic mass is 10.1. The van der Waals surface area contributed by atoms with E-state index in [-0.39, 0.29) is 5.78 Å². The number of carbonyl (C=O) groups is 1. The van der Waals surface area contributed by atoms with Gasteiger partial charge < -0.3 is 10.6 Å². The number of anilines is 2. The van der Waals surface area contributed by atoms with E-state index in [4.69, 9.17) is 23.8 Å². The number of aromatic nitrogens is 2. The molecule has 0 atom stereocenters. The fourth-order valence-corrected chi connectivity index (χ4v) is 2.71. The van der Waals surface area contributed by atoms with E-state index >= 15 is 0 Å². The predicted molar refractivity (Wildman–Crippen MR) is 109 cm³/mol. The summed E-state index contributed by atoms with van der Waals surface area (Å²) in [6.07, 6.45) is 1.88. The Hall–Kier alpha value is -2.70. The molecule has 1 heterocycles. The first-order chi connectivity index (χ1) is 12.5. The van der Waals surface area contributed by atoms with Crippen LogP contribution in [0.5, 0.6) is 0 Å². The molecule has 3 rings (SSSR count). The Labute approximate surface area is 162 Å². The number of carbonyl (C=O) groups excluding carboxylic acids is 1. The molecule has 0 spiro atoms. The molecule has 0 radical (unpaired) electrons. The molecule has 3 aromatic rings. The smallest absolute Gasteiger partial charge is 0.176 e. The Morgan fingerprint density at radius 3 is 2.42 bits per heavy atom. The van der Waals surface area contributed by atoms with E-state index in [1.807, 2.05) is 53.3 Å². The predicted octanol–water partition coefficient (Wildman–Crippen LogP) is 4.60. The molecular weight excluding hydrogens is 368 g/mol. The van der Waals surface area contributed by atoms with Crippen LogP contribution in [0.1, 0.15) is 22.8 Å². The number of benzene rings is 2. The van der Waals surface area contributed by atoms with E-state index in [9.17, 15) is 4.79 Å². The van der Waals surface area contributed by atoms with Crippen LogP contribution in [0, 0.1) is 0 Å². The van der Waals surface area contributed by atoms with Gasteiger partial charge in [0.2, 0.25) is 0 Å². The lowest BCUT2D eigenvalue weighted by Crippen LogP contribution is -2.19. The van der Waals surface area contributed by atoms with Crippen LogP contribution in [0.4, 0.5) is 11.5 Å². The first kappa shape index (κ1) is 18.1. The quantitative estimate of drug-likeness (QED) is 0.497. The number of ketones is 1. The molecule has 0 aliphatic rings. The van der Waals surface area contributed by atoms with Crippen LogP contribution < -0.4 is 10.6 Å². The summed E-state index contributed by atoms with van der Waals surface area (Å²) in [6.45, 7) is 2.18. The Kier molecular flexibility index (Phi) is 5.65. The maximum absolute atomic E-state index is 11.3. The van der Waals surface area contributed by atoms with Crippen molar-refractivity contribution in [2.45, 2.75) is 13.5 Å². The fraction of sp³-hybridized carbons (Fsp3) is 0.105. The van der Waals surface area contributed by atoms with Gasteiger partial charge in [-0.15, -0.1) is 0 Å². The van der Waals surface area contributed by atoms with Crippen LogP contribution in [-0.4, -0.2) is 20.7 Å². The second-order valence-corrected chi connectivity index (χ2v) is 6.58. The van der Waals surface area contributed by atoms with Crippen LogP contribution in [-0.2, 0) is 6.54 Å². The summed E-state index contributed by atoms with van der Waals surface area (Å²) in [6, 6.07) is 16.6. The van der Waals surface area contributed by atoms with Crippen molar-refractivity contribution in [1.82, 2.24) is 9.78 Å². The van der Waals surface area contributed by atoms with Crippen molar-refractivity contribution in [2.75, 3.05) is 10.6 Å². The van der Waals surface area contributed by atoms with E-state index in [1.165, 1.54) is 6.92 Å². The summed E-state index contributed by atoms with van der Waals surface area (Å²) in [5, 5.41) is 11.7. The van der Waals surface area contributed by atoms with Gasteiger partial charge in [0, 0.05) is 28.5 Å². The van der Waals surface area contributed by atoms with Gasteiger partial charge in [0.1, 0.15) is 0 Å². The van der Waals surface area contributed by atoms with Gasteiger partial charge in [0.15, 0.2) is 16.7 Å². The van der Waals surface area contributed by atoms with Crippen LogP contribution in [0.25, 0.3) is 0 Å². The second kappa shape index (κ2) is 8.12. The lowest BCUT2D eigenvalue weighted by molar-refractivity contribution is 0.101. The molecule has 0 fully saturated rings. The van der Waals surface area contributed by atoms with E-state index in [0.717, 1.165) is 11.3 Å². The zero-order chi connectivity index (χ0) is 18.5. The van der Waals surface area contributed by atoms with Crippen LogP contribution >= 0.6 is 23.8 Å². The number of thiocarbonyl (C=S) groups is 1. The Morgan fingerprint density at radius 2 is 1.77 bits per heavy atom. The third kappa shape index (κ3) is 4.91. The molecule has 0 aliphatic heterocycles. The summed E-state index contributed by atoms with van der Waals surface area (Å²) in [7, 11) is 0. The molecule has 5 nitrogen and oxygen atoms in total. The molecule has 0 bridgehead atoms. The molecule has 7 heteroatoms. The van der Waals surface area contributed by atoms with Crippen molar-refractivity contribution in [2.24, 2.45) is 0 Å². The monoisotopic (exact) mass is 384 g/mol. The third-order valence-electron chi connectivity index (χ3n) is 3.69. The highest BCUT2D eigenvalue weighted by atomic mass is 35.5. The minimum atomic E-state index is 0.0310. The molecule has 0 aliphatic carbocycles. The highest BCUT2D eigenvalue weighted by Gasteiger charge is 2.04. The van der Waals surface area contributed by atoms with Crippen molar-refractivity contribution < 1.29 is 4.79 Å². The largest absolute Gasteiger partial charge is 0.332 e. The second-order valence-electron chi connectivity index (χ2n) is 5.74. The lowest BCUT2D eigenvalue weighted by Gasteiger charge is -2.09. The number of rotatable bonds is 5. The van der Waals surface area contributed by atoms with E-state index in [2.05, 4.69) is 15.7 Å². The number of nitrogens with one attached hydrogen (secondary N) is 2. The molecule has 0 amide bonds. The van der Waals surface area contributed by atoms with Crippen LogP contribution in [0.2, 0.25) is 5.02 Å². The van der Waals surface area contributed by atoms with Crippen LogP contribution in [0.15, 0.2) is 60.8 Å². The number of halogens is 1. The topological polar surface area (TPSA) is 59.0 Å². The van der Waals surface area contributed by atoms with Gasteiger partial charge in [-0.2, -0.15) is 5.10 Å². The van der Waals surface area contributed by atoms with Crippen molar-refractivity contribution in [1.29, 1.82) is 0 Å². The molecule has 0 saturated heterocycles. The minimum absolute atomic E-state index is 0.0310. The summed E-state index contributed by atoms with van der Waals surface area (Å²) < 4.78 is 1.82. The number of hydrogen-bond acceptors (Lipinski definition) is 3. The van der Waals surface area contributed by atoms with Gasteiger partial charge in [-0.1, -0.05) is 23.7 Å². The minimum Gasteiger partial charge on any atom is -0.332 e. The average molecular weight is 385 g/mol. The van der Waals surface area contributed by atoms with Crippen LogP contribution in [0.3, 0.4) is 0 Å². The summed E-state index contributed by atoms with van der Waals surface area (Å²) in [5.74, 6) is 0.681. The van der Waals surface area contributed by atoms with Gasteiger partial charge in [-0.3, -0.25) is 9.48 Å². The Balaban J connectivity index is 1.57. The standard InChI is InChI=1S/C19H17ClN4OS/c1-13(25)15-4-8-17(9-5-15)21-19(26)22-18-10-11-24(23-18)12-14-2-6-16(20)7-3-14/h2-11H,12H2,1H3,(H2,21,22,23,26). The summed E-state index contributed by atoms with van der Waals surface area (Å²) in [4.78, 5) is 11.3. The van der Waals surface area contributed by atoms with Gasteiger partial charge in [-0.05, 0) is 61.1 Å². The number of hydrogen-bond donors (Lipinski definition) is 2. The van der Waals surface area contributed by atoms with Crippen molar-refractivity contribution in [3.8, 4) is 0 Å². The van der Waals surface area contributed by atoms with Crippen molar-refractivity contribution in [3.05, 3.63) is 76.9 Å². The molecular formula is C19H17ClN4OS. The normalized spacial score (nSPS) is 10.4. The SMILES string of the molecule is CC(=O)c1ccc(NC(=S)Nc2ccn(Cc3ccc(Cl)cc3)n2)cc1. The molecule has 0 saturated carbocycles. The van der Waals surface area contributed by atoms with Gasteiger partial charge in [0.05, 0.1) is 6.54 Å². The fourth-order valence-electron chi connectivity index (χ4n) is 2.36. The number of Topliss-reactive ketones (excluding diaryl/α,β-unsaturated/α-hetero) is 1. The molecule has 1 aromatic heterocycles. The molecule has 132 valence electrons. The van der Waals surface area contributed by atoms with E-state index in [0.29, 0.717) is 28.1 Å². The van der Waals surface area contributed by atoms with Gasteiger partial charge in [-0.25, -0.2) is 0 Å². The van der Waals surface area contributed by atoms with Gasteiger partial charge in [0.25, 0.3) is 0 Å². The highest BCUT2D eigenvalue weighted by Crippen LogP contribution is 2.13. The molecule has 0 unspecified atom stereocenters. The summed E-state index contributed by atoms with van der Waals surface area (Å²) in [5.41, 5.74) is 2.57. The van der Waals surface area contributed by atoms with Gasteiger partial charge >= 0.3 is 0 Å². The molecule has 2 aromatic carbocycles. The third-order valence-corrected chi connectivity index (χ3v) is 4.15. The first-order valence-corrected chi connectivity index (χ1v) is 8.75. The highest BCUT2D eigenvalue weighted by molar-refractivity contribution is 7.80. The Bertz CT molecular complexity index is 919. The zero-order valence-corrected chi connectivity index (χ0v) is 15.6. The zero-order valence-electron chi connectivity index (χ0n) is 14.1.